The van der Waals surface area contributed by atoms with Crippen molar-refractivity contribution in [2.75, 3.05) is 7.11 Å². The van der Waals surface area contributed by atoms with E-state index in [1.165, 1.54) is 0 Å². The molecule has 1 aromatic heterocycles. The van der Waals surface area contributed by atoms with Gasteiger partial charge in [-0.3, -0.25) is 9.78 Å². The van der Waals surface area contributed by atoms with Gasteiger partial charge in [-0.1, -0.05) is 0 Å². The van der Waals surface area contributed by atoms with Gasteiger partial charge in [0.2, 0.25) is 0 Å². The Labute approximate surface area is 110 Å². The Balaban J connectivity index is 3.56. The first kappa shape index (κ1) is 16.3. The number of esters is 1. The molecule has 0 aliphatic heterocycles. The Morgan fingerprint density at radius 3 is 2.45 bits per heavy atom. The Hall–Kier alpha value is -1.77. The number of pyridine rings is 1. The molecule has 20 heavy (non-hydrogen) atoms. The van der Waals surface area contributed by atoms with Crippen LogP contribution in [0.2, 0.25) is 0 Å². The molecule has 0 saturated carbocycles. The maximum atomic E-state index is 13.0. The Morgan fingerprint density at radius 2 is 2.05 bits per heavy atom. The third kappa shape index (κ3) is 3.41. The number of halogens is 5. The van der Waals surface area contributed by atoms with Crippen LogP contribution in [-0.4, -0.2) is 18.1 Å². The van der Waals surface area contributed by atoms with Gasteiger partial charge in [0.05, 0.1) is 24.8 Å². The fourth-order valence-electron chi connectivity index (χ4n) is 1.69. The maximum Gasteiger partial charge on any atom is 0.418 e. The molecule has 0 amide bonds. The molecule has 0 atom stereocenters. The Morgan fingerprint density at radius 1 is 1.45 bits per heavy atom. The van der Waals surface area contributed by atoms with Crippen LogP contribution in [0.25, 0.3) is 0 Å². The second kappa shape index (κ2) is 6.12. The van der Waals surface area contributed by atoms with Crippen LogP contribution in [0.3, 0.4) is 0 Å². The largest absolute Gasteiger partial charge is 0.469 e. The van der Waals surface area contributed by atoms with Gasteiger partial charge < -0.3 is 10.5 Å². The molecule has 0 radical (unpaired) electrons. The zero-order chi connectivity index (χ0) is 15.5. The van der Waals surface area contributed by atoms with E-state index in [-0.39, 0.29) is 0 Å². The summed E-state index contributed by atoms with van der Waals surface area (Å²) in [4.78, 5) is 14.5. The van der Waals surface area contributed by atoms with Gasteiger partial charge >= 0.3 is 12.1 Å². The van der Waals surface area contributed by atoms with Crippen molar-refractivity contribution in [3.05, 3.63) is 28.6 Å². The summed E-state index contributed by atoms with van der Waals surface area (Å²) in [7, 11) is 0.947. The van der Waals surface area contributed by atoms with E-state index in [4.69, 9.17) is 5.73 Å². The molecule has 2 N–H and O–H groups in total. The average molecular weight is 298 g/mol. The first-order valence-corrected chi connectivity index (χ1v) is 5.35. The van der Waals surface area contributed by atoms with Gasteiger partial charge in [-0.05, 0) is 5.56 Å². The first-order chi connectivity index (χ1) is 9.22. The Bertz CT molecular complexity index is 502. The third-order valence-corrected chi connectivity index (χ3v) is 2.56. The van der Waals surface area contributed by atoms with E-state index in [1.807, 2.05) is 0 Å². The molecule has 4 nitrogen and oxygen atoms in total. The predicted molar refractivity (Wildman–Crippen MR) is 57.8 cm³/mol. The van der Waals surface area contributed by atoms with E-state index in [0.717, 1.165) is 7.11 Å². The molecule has 9 heteroatoms. The number of nitrogens with zero attached hydrogens (tertiary/aromatic N) is 1. The summed E-state index contributed by atoms with van der Waals surface area (Å²) in [5.74, 6) is -1.06. The molecule has 1 aromatic rings. The van der Waals surface area contributed by atoms with Gasteiger partial charge in [0, 0.05) is 18.3 Å². The number of carbonyl (C=O) groups is 1. The van der Waals surface area contributed by atoms with E-state index in [1.54, 1.807) is 0 Å². The minimum atomic E-state index is -4.95. The molecular weight excluding hydrogens is 287 g/mol. The molecular formula is C11H11F5N2O2. The third-order valence-electron chi connectivity index (χ3n) is 2.56. The van der Waals surface area contributed by atoms with Crippen LogP contribution in [0.5, 0.6) is 0 Å². The number of rotatable bonds is 4. The van der Waals surface area contributed by atoms with Crippen LogP contribution in [0.4, 0.5) is 22.0 Å². The smallest absolute Gasteiger partial charge is 0.418 e. The first-order valence-electron chi connectivity index (χ1n) is 5.35. The zero-order valence-corrected chi connectivity index (χ0v) is 10.3. The molecule has 0 spiro atoms. The van der Waals surface area contributed by atoms with Crippen molar-refractivity contribution in [3.8, 4) is 0 Å². The summed E-state index contributed by atoms with van der Waals surface area (Å²) >= 11 is 0. The molecule has 112 valence electrons. The maximum absolute atomic E-state index is 13.0. The number of carbonyl (C=O) groups excluding carboxylic acids is 1. The molecule has 1 heterocycles. The minimum absolute atomic E-state index is 0.591. The fraction of sp³-hybridized carbons (Fsp3) is 0.455. The number of nitrogens with two attached hydrogens (primary N) is 1. The molecule has 0 fully saturated rings. The average Bonchev–Trinajstić information content (AvgIpc) is 2.36. The standard InChI is InChI=1S/C11H11F5N2O2/c1-20-8(19)2-5-6(10(12)13)4-18-7(3-17)9(5)11(14,15)16/h4,10H,2-3,17H2,1H3. The second-order valence-corrected chi connectivity index (χ2v) is 3.77. The lowest BCUT2D eigenvalue weighted by Gasteiger charge is -2.18. The fourth-order valence-corrected chi connectivity index (χ4v) is 1.69. The lowest BCUT2D eigenvalue weighted by molar-refractivity contribution is -0.142. The molecule has 0 aliphatic carbocycles. The van der Waals surface area contributed by atoms with Crippen molar-refractivity contribution < 1.29 is 31.5 Å². The molecule has 0 unspecified atom stereocenters. The second-order valence-electron chi connectivity index (χ2n) is 3.77. The topological polar surface area (TPSA) is 65.2 Å². The van der Waals surface area contributed by atoms with Crippen LogP contribution in [0.15, 0.2) is 6.20 Å². The van der Waals surface area contributed by atoms with Crippen molar-refractivity contribution in [2.24, 2.45) is 5.73 Å². The van der Waals surface area contributed by atoms with E-state index in [9.17, 15) is 26.7 Å². The van der Waals surface area contributed by atoms with Gasteiger partial charge in [-0.2, -0.15) is 13.2 Å². The Kier molecular flexibility index (Phi) is 4.98. The van der Waals surface area contributed by atoms with Gasteiger partial charge in [-0.25, -0.2) is 8.78 Å². The summed E-state index contributed by atoms with van der Waals surface area (Å²) in [6, 6.07) is 0. The van der Waals surface area contributed by atoms with Crippen molar-refractivity contribution in [2.45, 2.75) is 25.6 Å². The van der Waals surface area contributed by atoms with Crippen molar-refractivity contribution in [1.29, 1.82) is 0 Å². The van der Waals surface area contributed by atoms with Gasteiger partial charge in [0.15, 0.2) is 0 Å². The van der Waals surface area contributed by atoms with Crippen molar-refractivity contribution in [1.82, 2.24) is 4.98 Å². The number of methoxy groups -OCH3 is 1. The summed E-state index contributed by atoms with van der Waals surface area (Å²) in [5, 5.41) is 0. The number of ether oxygens (including phenoxy) is 1. The summed E-state index contributed by atoms with van der Waals surface area (Å²) < 4.78 is 68.8. The van der Waals surface area contributed by atoms with Crippen molar-refractivity contribution in [3.63, 3.8) is 0 Å². The van der Waals surface area contributed by atoms with Crippen LogP contribution < -0.4 is 5.73 Å². The highest BCUT2D eigenvalue weighted by molar-refractivity contribution is 5.73. The predicted octanol–water partition coefficient (Wildman–Crippen LogP) is 2.21. The highest BCUT2D eigenvalue weighted by Gasteiger charge is 2.39. The molecule has 0 bridgehead atoms. The van der Waals surface area contributed by atoms with E-state index in [0.29, 0.717) is 6.20 Å². The quantitative estimate of drug-likeness (QED) is 0.683. The van der Waals surface area contributed by atoms with Gasteiger partial charge in [0.25, 0.3) is 6.43 Å². The molecule has 0 aromatic carbocycles. The van der Waals surface area contributed by atoms with Crippen LogP contribution in [-0.2, 0) is 28.7 Å². The summed E-state index contributed by atoms with van der Waals surface area (Å²) in [6.07, 6.45) is -8.48. The van der Waals surface area contributed by atoms with E-state index in [2.05, 4.69) is 9.72 Å². The van der Waals surface area contributed by atoms with Crippen LogP contribution in [0, 0.1) is 0 Å². The normalized spacial score (nSPS) is 11.8. The number of hydrogen-bond donors (Lipinski definition) is 1. The summed E-state index contributed by atoms with van der Waals surface area (Å²) in [6.45, 7) is -0.591. The minimum Gasteiger partial charge on any atom is -0.469 e. The molecule has 0 aliphatic rings. The van der Waals surface area contributed by atoms with E-state index >= 15 is 0 Å². The van der Waals surface area contributed by atoms with Crippen LogP contribution in [0.1, 0.15) is 28.8 Å². The van der Waals surface area contributed by atoms with Crippen LogP contribution >= 0.6 is 0 Å². The molecule has 0 saturated heterocycles. The SMILES string of the molecule is COC(=O)Cc1c(C(F)F)cnc(CN)c1C(F)(F)F. The molecule has 1 rings (SSSR count). The monoisotopic (exact) mass is 298 g/mol. The highest BCUT2D eigenvalue weighted by Crippen LogP contribution is 2.38. The van der Waals surface area contributed by atoms with Crippen molar-refractivity contribution >= 4 is 5.97 Å². The summed E-state index contributed by atoms with van der Waals surface area (Å²) in [5.41, 5.74) is 1.33. The number of alkyl halides is 5. The number of hydrogen-bond acceptors (Lipinski definition) is 4. The van der Waals surface area contributed by atoms with Gasteiger partial charge in [0.1, 0.15) is 0 Å². The number of aromatic nitrogens is 1. The lowest BCUT2D eigenvalue weighted by Crippen LogP contribution is -2.21. The van der Waals surface area contributed by atoms with Gasteiger partial charge in [-0.15, -0.1) is 0 Å². The zero-order valence-electron chi connectivity index (χ0n) is 10.3. The highest BCUT2D eigenvalue weighted by atomic mass is 19.4. The lowest BCUT2D eigenvalue weighted by atomic mass is 9.97. The van der Waals surface area contributed by atoms with E-state index < -0.39 is 53.9 Å².